The van der Waals surface area contributed by atoms with Crippen LogP contribution in [0.5, 0.6) is 0 Å². The van der Waals surface area contributed by atoms with Gasteiger partial charge < -0.3 is 15.4 Å². The zero-order chi connectivity index (χ0) is 12.1. The van der Waals surface area contributed by atoms with Gasteiger partial charge in [0.05, 0.1) is 5.02 Å². The third-order valence-corrected chi connectivity index (χ3v) is 2.29. The van der Waals surface area contributed by atoms with Crippen molar-refractivity contribution in [1.29, 1.82) is 0 Å². The normalized spacial score (nSPS) is 12.1. The molecule has 1 aromatic rings. The van der Waals surface area contributed by atoms with E-state index in [2.05, 4.69) is 10.3 Å². The molecule has 1 heterocycles. The number of carboxylic acids is 1. The van der Waals surface area contributed by atoms with E-state index in [9.17, 15) is 9.59 Å². The van der Waals surface area contributed by atoms with Crippen LogP contribution in [-0.4, -0.2) is 28.0 Å². The summed E-state index contributed by atoms with van der Waals surface area (Å²) in [6.45, 7) is 1.85. The van der Waals surface area contributed by atoms with Gasteiger partial charge in [0.25, 0.3) is 5.91 Å². The van der Waals surface area contributed by atoms with Gasteiger partial charge in [0.1, 0.15) is 11.7 Å². The average molecular weight is 245 g/mol. The Bertz CT molecular complexity index is 389. The Morgan fingerprint density at radius 1 is 1.62 bits per heavy atom. The molecule has 6 heteroatoms. The molecule has 1 amide bonds. The summed E-state index contributed by atoms with van der Waals surface area (Å²) in [5.74, 6) is -1.50. The van der Waals surface area contributed by atoms with Gasteiger partial charge >= 0.3 is 5.97 Å². The van der Waals surface area contributed by atoms with Gasteiger partial charge in [0.15, 0.2) is 0 Å². The van der Waals surface area contributed by atoms with E-state index in [1.165, 1.54) is 12.3 Å². The SMILES string of the molecule is CCC[C@@H](NC(=O)c1cc(Cl)c[nH]1)C(=O)O. The summed E-state index contributed by atoms with van der Waals surface area (Å²) in [5, 5.41) is 11.7. The van der Waals surface area contributed by atoms with Gasteiger partial charge in [-0.05, 0) is 12.5 Å². The van der Waals surface area contributed by atoms with Crippen LogP contribution in [0.2, 0.25) is 5.02 Å². The van der Waals surface area contributed by atoms with E-state index in [0.29, 0.717) is 17.9 Å². The van der Waals surface area contributed by atoms with Gasteiger partial charge in [0, 0.05) is 6.20 Å². The lowest BCUT2D eigenvalue weighted by Crippen LogP contribution is -2.40. The maximum absolute atomic E-state index is 11.6. The highest BCUT2D eigenvalue weighted by atomic mass is 35.5. The second-order valence-electron chi connectivity index (χ2n) is 3.38. The maximum Gasteiger partial charge on any atom is 0.326 e. The van der Waals surface area contributed by atoms with Crippen molar-refractivity contribution in [3.8, 4) is 0 Å². The number of nitrogens with one attached hydrogen (secondary N) is 2. The first-order valence-electron chi connectivity index (χ1n) is 4.92. The van der Waals surface area contributed by atoms with Crippen LogP contribution in [0.3, 0.4) is 0 Å². The Hall–Kier alpha value is -1.49. The number of rotatable bonds is 5. The summed E-state index contributed by atoms with van der Waals surface area (Å²) < 4.78 is 0. The lowest BCUT2D eigenvalue weighted by molar-refractivity contribution is -0.139. The molecule has 0 radical (unpaired) electrons. The predicted molar refractivity (Wildman–Crippen MR) is 59.6 cm³/mol. The summed E-state index contributed by atoms with van der Waals surface area (Å²) in [4.78, 5) is 25.0. The van der Waals surface area contributed by atoms with E-state index in [0.717, 1.165) is 0 Å². The van der Waals surface area contributed by atoms with E-state index in [1.54, 1.807) is 0 Å². The number of aromatic nitrogens is 1. The van der Waals surface area contributed by atoms with Crippen molar-refractivity contribution in [2.75, 3.05) is 0 Å². The zero-order valence-electron chi connectivity index (χ0n) is 8.79. The van der Waals surface area contributed by atoms with E-state index in [4.69, 9.17) is 16.7 Å². The number of H-pyrrole nitrogens is 1. The van der Waals surface area contributed by atoms with Crippen LogP contribution in [0.4, 0.5) is 0 Å². The maximum atomic E-state index is 11.6. The Kier molecular flexibility index (Phi) is 4.37. The lowest BCUT2D eigenvalue weighted by atomic mass is 10.1. The molecule has 0 unspecified atom stereocenters. The molecular formula is C10H13ClN2O3. The van der Waals surface area contributed by atoms with Crippen molar-refractivity contribution < 1.29 is 14.7 Å². The Labute approximate surface area is 97.8 Å². The molecule has 16 heavy (non-hydrogen) atoms. The standard InChI is InChI=1S/C10H13ClN2O3/c1-2-3-7(10(15)16)13-9(14)8-4-6(11)5-12-8/h4-5,7,12H,2-3H2,1H3,(H,13,14)(H,15,16)/t7-/m1/s1. The van der Waals surface area contributed by atoms with Crippen LogP contribution in [0.15, 0.2) is 12.3 Å². The number of hydrogen-bond acceptors (Lipinski definition) is 2. The van der Waals surface area contributed by atoms with Gasteiger partial charge in [-0.3, -0.25) is 4.79 Å². The molecule has 0 aliphatic rings. The molecule has 0 aliphatic carbocycles. The molecule has 0 saturated heterocycles. The van der Waals surface area contributed by atoms with Crippen LogP contribution >= 0.6 is 11.6 Å². The largest absolute Gasteiger partial charge is 0.480 e. The fraction of sp³-hybridized carbons (Fsp3) is 0.400. The minimum atomic E-state index is -1.03. The number of amides is 1. The third-order valence-electron chi connectivity index (χ3n) is 2.07. The van der Waals surface area contributed by atoms with Gasteiger partial charge in [0.2, 0.25) is 0 Å². The highest BCUT2D eigenvalue weighted by Crippen LogP contribution is 2.09. The molecule has 0 fully saturated rings. The first kappa shape index (κ1) is 12.6. The third kappa shape index (κ3) is 3.27. The molecule has 1 rings (SSSR count). The molecule has 1 atom stereocenters. The van der Waals surface area contributed by atoms with E-state index in [1.807, 2.05) is 6.92 Å². The molecule has 0 bridgehead atoms. The zero-order valence-corrected chi connectivity index (χ0v) is 9.54. The number of carbonyl (C=O) groups excluding carboxylic acids is 1. The Morgan fingerprint density at radius 3 is 2.75 bits per heavy atom. The highest BCUT2D eigenvalue weighted by molar-refractivity contribution is 6.30. The quantitative estimate of drug-likeness (QED) is 0.737. The number of hydrogen-bond donors (Lipinski definition) is 3. The molecular weight excluding hydrogens is 232 g/mol. The summed E-state index contributed by atoms with van der Waals surface area (Å²) in [6, 6.07) is 0.585. The Morgan fingerprint density at radius 2 is 2.31 bits per heavy atom. The van der Waals surface area contributed by atoms with Gasteiger partial charge in [-0.25, -0.2) is 4.79 Å². The van der Waals surface area contributed by atoms with E-state index < -0.39 is 17.9 Å². The number of aliphatic carboxylic acids is 1. The summed E-state index contributed by atoms with van der Waals surface area (Å²) in [5.41, 5.74) is 0.257. The molecule has 3 N–H and O–H groups in total. The van der Waals surface area contributed by atoms with Crippen LogP contribution in [0.1, 0.15) is 30.3 Å². The average Bonchev–Trinajstić information content (AvgIpc) is 2.64. The van der Waals surface area contributed by atoms with Crippen molar-refractivity contribution in [3.63, 3.8) is 0 Å². The number of carbonyl (C=O) groups is 2. The van der Waals surface area contributed by atoms with Crippen molar-refractivity contribution in [3.05, 3.63) is 23.0 Å². The summed E-state index contributed by atoms with van der Waals surface area (Å²) >= 11 is 5.64. The first-order chi connectivity index (χ1) is 7.54. The second-order valence-corrected chi connectivity index (χ2v) is 3.82. The van der Waals surface area contributed by atoms with Crippen molar-refractivity contribution in [2.45, 2.75) is 25.8 Å². The fourth-order valence-corrected chi connectivity index (χ4v) is 1.44. The van der Waals surface area contributed by atoms with Crippen molar-refractivity contribution in [2.24, 2.45) is 0 Å². The fourth-order valence-electron chi connectivity index (χ4n) is 1.28. The minimum Gasteiger partial charge on any atom is -0.480 e. The van der Waals surface area contributed by atoms with Gasteiger partial charge in [-0.1, -0.05) is 24.9 Å². The monoisotopic (exact) mass is 244 g/mol. The number of halogens is 1. The molecule has 0 spiro atoms. The molecule has 88 valence electrons. The molecule has 0 aliphatic heterocycles. The lowest BCUT2D eigenvalue weighted by Gasteiger charge is -2.12. The number of carboxylic acid groups (broad SMARTS) is 1. The molecule has 1 aromatic heterocycles. The van der Waals surface area contributed by atoms with E-state index in [-0.39, 0.29) is 5.69 Å². The van der Waals surface area contributed by atoms with E-state index >= 15 is 0 Å². The predicted octanol–water partition coefficient (Wildman–Crippen LogP) is 1.65. The van der Waals surface area contributed by atoms with Crippen molar-refractivity contribution in [1.82, 2.24) is 10.3 Å². The van der Waals surface area contributed by atoms with Crippen LogP contribution < -0.4 is 5.32 Å². The highest BCUT2D eigenvalue weighted by Gasteiger charge is 2.20. The summed E-state index contributed by atoms with van der Waals surface area (Å²) in [6.07, 6.45) is 2.55. The van der Waals surface area contributed by atoms with Gasteiger partial charge in [-0.2, -0.15) is 0 Å². The smallest absolute Gasteiger partial charge is 0.326 e. The molecule has 0 aromatic carbocycles. The molecule has 5 nitrogen and oxygen atoms in total. The first-order valence-corrected chi connectivity index (χ1v) is 5.30. The minimum absolute atomic E-state index is 0.257. The summed E-state index contributed by atoms with van der Waals surface area (Å²) in [7, 11) is 0. The number of aromatic amines is 1. The second kappa shape index (κ2) is 5.55. The van der Waals surface area contributed by atoms with Crippen LogP contribution in [-0.2, 0) is 4.79 Å². The van der Waals surface area contributed by atoms with Gasteiger partial charge in [-0.15, -0.1) is 0 Å². The van der Waals surface area contributed by atoms with Crippen LogP contribution in [0.25, 0.3) is 0 Å². The topological polar surface area (TPSA) is 82.2 Å². The Balaban J connectivity index is 2.65. The molecule has 0 saturated carbocycles. The van der Waals surface area contributed by atoms with Crippen molar-refractivity contribution >= 4 is 23.5 Å². The van der Waals surface area contributed by atoms with Crippen LogP contribution in [0, 0.1) is 0 Å².